The highest BCUT2D eigenvalue weighted by molar-refractivity contribution is 5.92. The Morgan fingerprint density at radius 1 is 1.00 bits per heavy atom. The monoisotopic (exact) mass is 469 g/mol. The average molecular weight is 469 g/mol. The van der Waals surface area contributed by atoms with E-state index in [1.807, 2.05) is 28.8 Å². The Morgan fingerprint density at radius 3 is 2.54 bits per heavy atom. The zero-order chi connectivity index (χ0) is 24.5. The maximum atomic E-state index is 12.6. The molecule has 0 fully saturated rings. The van der Waals surface area contributed by atoms with Gasteiger partial charge in [0.1, 0.15) is 23.0 Å². The number of hydrogen-bond donors (Lipinski definition) is 4. The van der Waals surface area contributed by atoms with Crippen molar-refractivity contribution in [1.82, 2.24) is 29.1 Å². The summed E-state index contributed by atoms with van der Waals surface area (Å²) in [5, 5.41) is 19.1. The zero-order valence-electron chi connectivity index (χ0n) is 18.4. The number of carboxylic acid groups (broad SMARTS) is 1. The minimum absolute atomic E-state index is 0.123. The standard InChI is InChI=1S/C23H19N9O3/c1-13-25-16(12-17(24)26-13)20-21(29-19-4-2-3-10-31(19)20)28-18-9-11-32(30-18)23(35)27-15-7-5-14(6-8-15)22(33)34/h2-12H,1H3,(H,27,35)(H,28,30)(H,33,34)(H2,24,25,26). The lowest BCUT2D eigenvalue weighted by Crippen LogP contribution is -2.20. The zero-order valence-corrected chi connectivity index (χ0v) is 18.4. The van der Waals surface area contributed by atoms with Crippen LogP contribution in [0.5, 0.6) is 0 Å². The van der Waals surface area contributed by atoms with Gasteiger partial charge in [-0.3, -0.25) is 4.40 Å². The number of hydrogen-bond acceptors (Lipinski definition) is 8. The third-order valence-corrected chi connectivity index (χ3v) is 5.06. The molecule has 35 heavy (non-hydrogen) atoms. The summed E-state index contributed by atoms with van der Waals surface area (Å²) in [5.74, 6) is 0.668. The van der Waals surface area contributed by atoms with E-state index >= 15 is 0 Å². The van der Waals surface area contributed by atoms with Crippen molar-refractivity contribution in [2.75, 3.05) is 16.4 Å². The number of aromatic nitrogens is 6. The van der Waals surface area contributed by atoms with E-state index in [0.717, 1.165) is 4.68 Å². The molecular weight excluding hydrogens is 450 g/mol. The minimum atomic E-state index is -1.04. The predicted molar refractivity (Wildman–Crippen MR) is 129 cm³/mol. The van der Waals surface area contributed by atoms with Crippen LogP contribution in [0.2, 0.25) is 0 Å². The smallest absolute Gasteiger partial charge is 0.346 e. The number of amides is 1. The molecule has 1 aromatic carbocycles. The second-order valence-corrected chi connectivity index (χ2v) is 7.55. The molecule has 0 unspecified atom stereocenters. The molecule has 174 valence electrons. The van der Waals surface area contributed by atoms with E-state index in [2.05, 4.69) is 30.7 Å². The molecule has 1 amide bonds. The minimum Gasteiger partial charge on any atom is -0.478 e. The van der Waals surface area contributed by atoms with E-state index in [1.165, 1.54) is 30.5 Å². The van der Waals surface area contributed by atoms with Crippen LogP contribution in [0.15, 0.2) is 67.0 Å². The normalized spacial score (nSPS) is 10.9. The highest BCUT2D eigenvalue weighted by Gasteiger charge is 2.18. The molecule has 5 N–H and O–H groups in total. The molecule has 0 aliphatic rings. The number of pyridine rings is 1. The predicted octanol–water partition coefficient (Wildman–Crippen LogP) is 3.40. The molecule has 5 aromatic rings. The van der Waals surface area contributed by atoms with Crippen molar-refractivity contribution >= 4 is 40.8 Å². The number of carbonyl (C=O) groups excluding carboxylic acids is 1. The van der Waals surface area contributed by atoms with E-state index < -0.39 is 12.0 Å². The number of carboxylic acids is 1. The van der Waals surface area contributed by atoms with Crippen molar-refractivity contribution in [3.8, 4) is 11.4 Å². The molecular formula is C23H19N9O3. The maximum absolute atomic E-state index is 12.6. The third kappa shape index (κ3) is 4.35. The van der Waals surface area contributed by atoms with E-state index in [-0.39, 0.29) is 5.56 Å². The van der Waals surface area contributed by atoms with Gasteiger partial charge in [0.25, 0.3) is 0 Å². The first-order valence-corrected chi connectivity index (χ1v) is 10.4. The van der Waals surface area contributed by atoms with Crippen LogP contribution >= 0.6 is 0 Å². The molecule has 0 spiro atoms. The number of nitrogens with one attached hydrogen (secondary N) is 2. The Hall–Kier alpha value is -5.26. The summed E-state index contributed by atoms with van der Waals surface area (Å²) in [4.78, 5) is 36.9. The van der Waals surface area contributed by atoms with Crippen LogP contribution < -0.4 is 16.4 Å². The number of carbonyl (C=O) groups is 2. The SMILES string of the molecule is Cc1nc(N)cc(-c2c(Nc3ccn(C(=O)Nc4ccc(C(=O)O)cc4)n3)nc3ccccn23)n1. The van der Waals surface area contributed by atoms with Crippen LogP contribution in [0.25, 0.3) is 17.0 Å². The summed E-state index contributed by atoms with van der Waals surface area (Å²) < 4.78 is 2.99. The summed E-state index contributed by atoms with van der Waals surface area (Å²) in [6.45, 7) is 1.76. The molecule has 0 radical (unpaired) electrons. The summed E-state index contributed by atoms with van der Waals surface area (Å²) in [6, 6.07) is 14.2. The van der Waals surface area contributed by atoms with Crippen molar-refractivity contribution in [3.05, 3.63) is 78.4 Å². The molecule has 0 aliphatic heterocycles. The topological polar surface area (TPSA) is 165 Å². The number of anilines is 4. The van der Waals surface area contributed by atoms with Crippen molar-refractivity contribution in [3.63, 3.8) is 0 Å². The molecule has 0 bridgehead atoms. The van der Waals surface area contributed by atoms with E-state index in [1.54, 1.807) is 19.1 Å². The molecule has 0 saturated carbocycles. The van der Waals surface area contributed by atoms with Gasteiger partial charge in [0.05, 0.1) is 11.3 Å². The Kier molecular flexibility index (Phi) is 5.30. The number of aromatic carboxylic acids is 1. The van der Waals surface area contributed by atoms with Crippen molar-refractivity contribution in [2.24, 2.45) is 0 Å². The lowest BCUT2D eigenvalue weighted by atomic mass is 10.2. The Morgan fingerprint density at radius 2 is 1.80 bits per heavy atom. The van der Waals surface area contributed by atoms with Gasteiger partial charge in [-0.2, -0.15) is 4.68 Å². The Balaban J connectivity index is 1.42. The molecule has 0 saturated heterocycles. The van der Waals surface area contributed by atoms with Crippen LogP contribution in [0.1, 0.15) is 16.2 Å². The first kappa shape index (κ1) is 21.6. The van der Waals surface area contributed by atoms with Gasteiger partial charge in [-0.05, 0) is 43.3 Å². The number of rotatable bonds is 5. The van der Waals surface area contributed by atoms with Crippen LogP contribution in [0.3, 0.4) is 0 Å². The van der Waals surface area contributed by atoms with Gasteiger partial charge in [0.2, 0.25) is 0 Å². The maximum Gasteiger partial charge on any atom is 0.346 e. The fourth-order valence-electron chi connectivity index (χ4n) is 3.54. The van der Waals surface area contributed by atoms with Crippen molar-refractivity contribution in [1.29, 1.82) is 0 Å². The fourth-order valence-corrected chi connectivity index (χ4v) is 3.54. The summed E-state index contributed by atoms with van der Waals surface area (Å²) in [6.07, 6.45) is 3.35. The molecule has 0 atom stereocenters. The first-order valence-electron chi connectivity index (χ1n) is 10.4. The van der Waals surface area contributed by atoms with Gasteiger partial charge in [0.15, 0.2) is 11.6 Å². The molecule has 4 heterocycles. The van der Waals surface area contributed by atoms with E-state index in [4.69, 9.17) is 10.8 Å². The first-order chi connectivity index (χ1) is 16.9. The van der Waals surface area contributed by atoms with Crippen LogP contribution in [0, 0.1) is 6.92 Å². The average Bonchev–Trinajstić information content (AvgIpc) is 3.43. The molecule has 0 aliphatic carbocycles. The number of nitrogen functional groups attached to an aromatic ring is 1. The number of aryl methyl sites for hydroxylation is 1. The number of nitrogens with two attached hydrogens (primary N) is 1. The van der Waals surface area contributed by atoms with Gasteiger partial charge in [-0.25, -0.2) is 24.5 Å². The van der Waals surface area contributed by atoms with Gasteiger partial charge < -0.3 is 21.5 Å². The van der Waals surface area contributed by atoms with E-state index in [9.17, 15) is 9.59 Å². The van der Waals surface area contributed by atoms with Crippen LogP contribution in [-0.4, -0.2) is 46.2 Å². The summed E-state index contributed by atoms with van der Waals surface area (Å²) >= 11 is 0. The second kappa shape index (κ2) is 8.59. The van der Waals surface area contributed by atoms with E-state index in [0.29, 0.717) is 46.0 Å². The summed E-state index contributed by atoms with van der Waals surface area (Å²) in [5.41, 5.74) is 8.43. The second-order valence-electron chi connectivity index (χ2n) is 7.55. The van der Waals surface area contributed by atoms with Gasteiger partial charge in [-0.1, -0.05) is 6.07 Å². The highest BCUT2D eigenvalue weighted by Crippen LogP contribution is 2.30. The van der Waals surface area contributed by atoms with Gasteiger partial charge in [-0.15, -0.1) is 5.10 Å². The highest BCUT2D eigenvalue weighted by atomic mass is 16.4. The number of nitrogens with zero attached hydrogens (tertiary/aromatic N) is 6. The van der Waals surface area contributed by atoms with Crippen LogP contribution in [0.4, 0.5) is 27.9 Å². The van der Waals surface area contributed by atoms with Crippen LogP contribution in [-0.2, 0) is 0 Å². The number of benzene rings is 1. The quantitative estimate of drug-likeness (QED) is 0.302. The number of fused-ring (bicyclic) bond motifs is 1. The van der Waals surface area contributed by atoms with Gasteiger partial charge in [0, 0.05) is 30.2 Å². The van der Waals surface area contributed by atoms with Gasteiger partial charge >= 0.3 is 12.0 Å². The molecule has 12 heteroatoms. The molecule has 5 rings (SSSR count). The fraction of sp³-hybridized carbons (Fsp3) is 0.0435. The number of imidazole rings is 1. The lowest BCUT2D eigenvalue weighted by Gasteiger charge is -2.07. The van der Waals surface area contributed by atoms with Crippen molar-refractivity contribution < 1.29 is 14.7 Å². The van der Waals surface area contributed by atoms with Crippen molar-refractivity contribution in [2.45, 2.75) is 6.92 Å². The Bertz CT molecular complexity index is 1550. The largest absolute Gasteiger partial charge is 0.478 e. The third-order valence-electron chi connectivity index (χ3n) is 5.06. The molecule has 12 nitrogen and oxygen atoms in total. The summed E-state index contributed by atoms with van der Waals surface area (Å²) in [7, 11) is 0. The lowest BCUT2D eigenvalue weighted by molar-refractivity contribution is 0.0697. The molecule has 4 aromatic heterocycles. The Labute approximate surface area is 198 Å².